The lowest BCUT2D eigenvalue weighted by atomic mass is 10.0. The Labute approximate surface area is 159 Å². The number of carbonyl (C=O) groups excluding carboxylic acids is 1. The average Bonchev–Trinajstić information content (AvgIpc) is 2.95. The molecule has 2 heterocycles. The molecule has 0 aliphatic rings. The number of hydrogen-bond donors (Lipinski definition) is 2. The Morgan fingerprint density at radius 2 is 2.08 bits per heavy atom. The molecule has 24 heavy (non-hydrogen) atoms. The van der Waals surface area contributed by atoms with Gasteiger partial charge in [0, 0.05) is 24.2 Å². The normalized spacial score (nSPS) is 11.3. The van der Waals surface area contributed by atoms with Gasteiger partial charge in [-0.1, -0.05) is 19.9 Å². The van der Waals surface area contributed by atoms with Gasteiger partial charge < -0.3 is 11.1 Å². The molecule has 5 nitrogen and oxygen atoms in total. The van der Waals surface area contributed by atoms with E-state index in [-0.39, 0.29) is 43.2 Å². The maximum atomic E-state index is 12.1. The van der Waals surface area contributed by atoms with Gasteiger partial charge in [0.2, 0.25) is 5.91 Å². The molecule has 2 aromatic rings. The summed E-state index contributed by atoms with van der Waals surface area (Å²) < 4.78 is 0. The van der Waals surface area contributed by atoms with Crippen molar-refractivity contribution in [2.75, 3.05) is 6.54 Å². The molecule has 0 spiro atoms. The first-order valence-corrected chi connectivity index (χ1v) is 8.31. The van der Waals surface area contributed by atoms with E-state index in [1.165, 1.54) is 11.3 Å². The second-order valence-corrected chi connectivity index (χ2v) is 6.52. The van der Waals surface area contributed by atoms with Crippen molar-refractivity contribution in [1.82, 2.24) is 15.3 Å². The number of halogens is 2. The second kappa shape index (κ2) is 11.4. The number of nitrogens with one attached hydrogen (secondary N) is 1. The molecule has 0 aliphatic heterocycles. The molecule has 1 amide bonds. The number of amides is 1. The number of pyridine rings is 1. The smallest absolute Gasteiger partial charge is 0.226 e. The zero-order valence-corrected chi connectivity index (χ0v) is 16.2. The van der Waals surface area contributed by atoms with Gasteiger partial charge in [-0.15, -0.1) is 36.2 Å². The summed E-state index contributed by atoms with van der Waals surface area (Å²) in [7, 11) is 0. The summed E-state index contributed by atoms with van der Waals surface area (Å²) >= 11 is 1.50. The third-order valence-electron chi connectivity index (χ3n) is 3.18. The lowest BCUT2D eigenvalue weighted by molar-refractivity contribution is -0.121. The van der Waals surface area contributed by atoms with Crippen molar-refractivity contribution in [3.05, 3.63) is 35.5 Å². The van der Waals surface area contributed by atoms with Gasteiger partial charge in [-0.05, 0) is 24.5 Å². The van der Waals surface area contributed by atoms with Crippen molar-refractivity contribution in [1.29, 1.82) is 0 Å². The van der Waals surface area contributed by atoms with Crippen LogP contribution in [-0.4, -0.2) is 28.5 Å². The minimum absolute atomic E-state index is 0. The van der Waals surface area contributed by atoms with Crippen LogP contribution < -0.4 is 11.1 Å². The van der Waals surface area contributed by atoms with Crippen LogP contribution in [0.1, 0.15) is 26.0 Å². The highest BCUT2D eigenvalue weighted by molar-refractivity contribution is 7.13. The summed E-state index contributed by atoms with van der Waals surface area (Å²) in [6, 6.07) is 5.73. The van der Waals surface area contributed by atoms with Crippen LogP contribution in [0.25, 0.3) is 10.7 Å². The minimum atomic E-state index is -0.0334. The number of nitrogens with two attached hydrogens (primary N) is 1. The van der Waals surface area contributed by atoms with E-state index < -0.39 is 0 Å². The van der Waals surface area contributed by atoms with Crippen molar-refractivity contribution in [3.8, 4) is 10.7 Å². The highest BCUT2D eigenvalue weighted by Gasteiger charge is 2.14. The van der Waals surface area contributed by atoms with Crippen LogP contribution in [0.2, 0.25) is 0 Å². The molecule has 0 aliphatic carbocycles. The van der Waals surface area contributed by atoms with E-state index in [2.05, 4.69) is 29.1 Å². The predicted octanol–water partition coefficient (Wildman–Crippen LogP) is 3.08. The molecule has 0 saturated carbocycles. The number of rotatable bonds is 7. The number of nitrogens with zero attached hydrogens (tertiary/aromatic N) is 2. The van der Waals surface area contributed by atoms with Gasteiger partial charge in [0.05, 0.1) is 17.8 Å². The highest BCUT2D eigenvalue weighted by atomic mass is 35.5. The van der Waals surface area contributed by atoms with Crippen molar-refractivity contribution >= 4 is 42.1 Å². The Balaban J connectivity index is 0.00000264. The molecule has 2 aromatic heterocycles. The number of aromatic nitrogens is 2. The first kappa shape index (κ1) is 22.8. The topological polar surface area (TPSA) is 80.9 Å². The molecular formula is C16H24Cl2N4OS. The van der Waals surface area contributed by atoms with Gasteiger partial charge in [0.25, 0.3) is 0 Å². The Bertz CT molecular complexity index is 607. The van der Waals surface area contributed by atoms with E-state index in [4.69, 9.17) is 5.73 Å². The Kier molecular flexibility index (Phi) is 10.8. The molecule has 0 fully saturated rings. The maximum absolute atomic E-state index is 12.1. The molecule has 8 heteroatoms. The van der Waals surface area contributed by atoms with Gasteiger partial charge in [-0.2, -0.15) is 0 Å². The van der Waals surface area contributed by atoms with Crippen LogP contribution in [0, 0.1) is 5.92 Å². The standard InChI is InChI=1S/C16H22N4OS.2ClH/c1-11(2)7-12(9-17)19-15(21)8-13-10-22-16(20-13)14-5-3-4-6-18-14;;/h3-6,10-12H,7-9,17H2,1-2H3,(H,19,21);2*1H. The second-order valence-electron chi connectivity index (χ2n) is 5.67. The average molecular weight is 391 g/mol. The van der Waals surface area contributed by atoms with Crippen molar-refractivity contribution < 1.29 is 4.79 Å². The Hall–Kier alpha value is -1.21. The largest absolute Gasteiger partial charge is 0.352 e. The number of carbonyl (C=O) groups is 1. The highest BCUT2D eigenvalue weighted by Crippen LogP contribution is 2.21. The molecule has 0 radical (unpaired) electrons. The summed E-state index contributed by atoms with van der Waals surface area (Å²) in [5.74, 6) is 0.470. The van der Waals surface area contributed by atoms with Gasteiger partial charge in [-0.25, -0.2) is 4.98 Å². The lowest BCUT2D eigenvalue weighted by Gasteiger charge is -2.18. The molecule has 134 valence electrons. The molecule has 1 atom stereocenters. The van der Waals surface area contributed by atoms with E-state index in [1.807, 2.05) is 23.6 Å². The first-order chi connectivity index (χ1) is 10.6. The minimum Gasteiger partial charge on any atom is -0.352 e. The number of hydrogen-bond acceptors (Lipinski definition) is 5. The monoisotopic (exact) mass is 390 g/mol. The van der Waals surface area contributed by atoms with Crippen LogP contribution >= 0.6 is 36.2 Å². The van der Waals surface area contributed by atoms with Crippen LogP contribution in [-0.2, 0) is 11.2 Å². The van der Waals surface area contributed by atoms with Crippen molar-refractivity contribution in [2.24, 2.45) is 11.7 Å². The SMILES string of the molecule is CC(C)CC(CN)NC(=O)Cc1csc(-c2ccccn2)n1.Cl.Cl. The fourth-order valence-electron chi connectivity index (χ4n) is 2.22. The van der Waals surface area contributed by atoms with Gasteiger partial charge in [-0.3, -0.25) is 9.78 Å². The molecular weight excluding hydrogens is 367 g/mol. The Morgan fingerprint density at radius 1 is 1.33 bits per heavy atom. The fourth-order valence-corrected chi connectivity index (χ4v) is 3.02. The quantitative estimate of drug-likeness (QED) is 0.760. The molecule has 0 bridgehead atoms. The summed E-state index contributed by atoms with van der Waals surface area (Å²) in [6.45, 7) is 4.70. The maximum Gasteiger partial charge on any atom is 0.226 e. The lowest BCUT2D eigenvalue weighted by Crippen LogP contribution is -2.41. The van der Waals surface area contributed by atoms with Crippen LogP contribution in [0.5, 0.6) is 0 Å². The van der Waals surface area contributed by atoms with Gasteiger partial charge >= 0.3 is 0 Å². The third-order valence-corrected chi connectivity index (χ3v) is 4.10. The van der Waals surface area contributed by atoms with Crippen LogP contribution in [0.15, 0.2) is 29.8 Å². The third kappa shape index (κ3) is 7.13. The summed E-state index contributed by atoms with van der Waals surface area (Å²) in [5, 5.41) is 5.72. The molecule has 2 rings (SSSR count). The van der Waals surface area contributed by atoms with E-state index >= 15 is 0 Å². The fraction of sp³-hybridized carbons (Fsp3) is 0.438. The van der Waals surface area contributed by atoms with Gasteiger partial charge in [0.1, 0.15) is 5.01 Å². The molecule has 1 unspecified atom stereocenters. The predicted molar refractivity (Wildman–Crippen MR) is 104 cm³/mol. The zero-order valence-electron chi connectivity index (χ0n) is 13.8. The van der Waals surface area contributed by atoms with Crippen LogP contribution in [0.4, 0.5) is 0 Å². The van der Waals surface area contributed by atoms with E-state index in [1.54, 1.807) is 6.20 Å². The first-order valence-electron chi connectivity index (χ1n) is 7.43. The molecule has 3 N–H and O–H groups in total. The molecule has 0 aromatic carbocycles. The van der Waals surface area contributed by atoms with E-state index in [0.29, 0.717) is 12.5 Å². The Morgan fingerprint density at radius 3 is 2.67 bits per heavy atom. The van der Waals surface area contributed by atoms with Crippen molar-refractivity contribution in [3.63, 3.8) is 0 Å². The summed E-state index contributed by atoms with van der Waals surface area (Å²) in [6.07, 6.45) is 2.90. The number of thiazole rings is 1. The van der Waals surface area contributed by atoms with E-state index in [0.717, 1.165) is 22.8 Å². The van der Waals surface area contributed by atoms with Gasteiger partial charge in [0.15, 0.2) is 0 Å². The summed E-state index contributed by atoms with van der Waals surface area (Å²) in [4.78, 5) is 20.8. The van der Waals surface area contributed by atoms with Crippen molar-refractivity contribution in [2.45, 2.75) is 32.7 Å². The zero-order chi connectivity index (χ0) is 15.9. The van der Waals surface area contributed by atoms with Crippen LogP contribution in [0.3, 0.4) is 0 Å². The molecule has 0 saturated heterocycles. The summed E-state index contributed by atoms with van der Waals surface area (Å²) in [5.41, 5.74) is 7.31. The van der Waals surface area contributed by atoms with E-state index in [9.17, 15) is 4.79 Å².